The van der Waals surface area contributed by atoms with Crippen LogP contribution in [0.15, 0.2) is 59.6 Å². The smallest absolute Gasteiger partial charge is 0.208 e. The van der Waals surface area contributed by atoms with Gasteiger partial charge in [-0.25, -0.2) is 35.3 Å². The molecule has 2 aromatic carbocycles. The van der Waals surface area contributed by atoms with Gasteiger partial charge in [-0.1, -0.05) is 23.2 Å². The summed E-state index contributed by atoms with van der Waals surface area (Å²) >= 11 is 12.2. The minimum Gasteiger partial charge on any atom is -0.370 e. The van der Waals surface area contributed by atoms with Crippen molar-refractivity contribution in [3.05, 3.63) is 87.5 Å². The van der Waals surface area contributed by atoms with Crippen LogP contribution in [-0.4, -0.2) is 41.2 Å². The zero-order chi connectivity index (χ0) is 25.8. The van der Waals surface area contributed by atoms with Gasteiger partial charge in [-0.3, -0.25) is 0 Å². The van der Waals surface area contributed by atoms with E-state index in [2.05, 4.69) is 15.0 Å². The molecule has 1 atom stereocenters. The molecular formula is C22H21Cl2F2N3O4S2. The average Bonchev–Trinajstić information content (AvgIpc) is 2.77. The monoisotopic (exact) mass is 563 g/mol. The van der Waals surface area contributed by atoms with E-state index in [1.807, 2.05) is 0 Å². The third kappa shape index (κ3) is 7.11. The van der Waals surface area contributed by atoms with Gasteiger partial charge in [-0.2, -0.15) is 0 Å². The van der Waals surface area contributed by atoms with E-state index in [-0.39, 0.29) is 27.8 Å². The van der Waals surface area contributed by atoms with Gasteiger partial charge in [0.05, 0.1) is 16.2 Å². The van der Waals surface area contributed by atoms with Crippen LogP contribution < -0.4 is 10.0 Å². The number of benzene rings is 2. The molecule has 0 fully saturated rings. The number of halogens is 4. The molecule has 0 spiro atoms. The third-order valence-corrected chi connectivity index (χ3v) is 8.24. The van der Waals surface area contributed by atoms with Crippen LogP contribution in [0.4, 0.5) is 14.6 Å². The van der Waals surface area contributed by atoms with E-state index in [0.717, 1.165) is 24.5 Å². The SMILES string of the molecule is CS(=O)(=O)NCCCNc1cc(C(c2cc(F)ccc2F)S(=O)(=O)c2ccc(Cl)cc2)c(Cl)cn1. The molecule has 1 unspecified atom stereocenters. The number of nitrogens with zero attached hydrogens (tertiary/aromatic N) is 1. The molecule has 0 radical (unpaired) electrons. The Morgan fingerprint density at radius 2 is 1.63 bits per heavy atom. The highest BCUT2D eigenvalue weighted by Crippen LogP contribution is 2.40. The zero-order valence-corrected chi connectivity index (χ0v) is 21.4. The molecule has 3 rings (SSSR count). The predicted octanol–water partition coefficient (Wildman–Crippen LogP) is 4.58. The molecule has 13 heteroatoms. The van der Waals surface area contributed by atoms with E-state index in [9.17, 15) is 25.6 Å². The lowest BCUT2D eigenvalue weighted by molar-refractivity contribution is 0.569. The van der Waals surface area contributed by atoms with Crippen LogP contribution in [0.5, 0.6) is 0 Å². The molecule has 3 aromatic rings. The maximum absolute atomic E-state index is 14.8. The molecule has 0 aliphatic heterocycles. The highest BCUT2D eigenvalue weighted by molar-refractivity contribution is 7.92. The van der Waals surface area contributed by atoms with Crippen molar-refractivity contribution in [2.24, 2.45) is 0 Å². The maximum Gasteiger partial charge on any atom is 0.208 e. The van der Waals surface area contributed by atoms with E-state index in [1.54, 1.807) is 0 Å². The van der Waals surface area contributed by atoms with Gasteiger partial charge in [-0.15, -0.1) is 0 Å². The van der Waals surface area contributed by atoms with Crippen molar-refractivity contribution in [2.45, 2.75) is 16.6 Å². The molecule has 0 saturated heterocycles. The standard InChI is InChI=1S/C22H21Cl2F2N3O4S2/c1-34(30,31)29-10-2-9-27-21-12-17(19(24)13-28-21)22(18-11-15(25)5-8-20(18)26)35(32,33)16-6-3-14(23)4-7-16/h3-8,11-13,22,29H,2,9-10H2,1H3,(H,27,28). The number of nitrogens with one attached hydrogen (secondary N) is 2. The van der Waals surface area contributed by atoms with Crippen LogP contribution in [-0.2, 0) is 19.9 Å². The molecule has 1 aromatic heterocycles. The Hall–Kier alpha value is -2.31. The molecule has 0 aliphatic carbocycles. The minimum absolute atomic E-state index is 0.0159. The van der Waals surface area contributed by atoms with E-state index in [1.165, 1.54) is 36.5 Å². The summed E-state index contributed by atoms with van der Waals surface area (Å²) in [4.78, 5) is 3.94. The molecule has 7 nitrogen and oxygen atoms in total. The van der Waals surface area contributed by atoms with Crippen LogP contribution in [0.3, 0.4) is 0 Å². The second-order valence-corrected chi connectivity index (χ2v) is 12.3. The Bertz CT molecular complexity index is 1420. The lowest BCUT2D eigenvalue weighted by Gasteiger charge is -2.21. The highest BCUT2D eigenvalue weighted by Gasteiger charge is 2.35. The Labute approximate surface area is 212 Å². The number of anilines is 1. The molecule has 1 heterocycles. The third-order valence-electron chi connectivity index (χ3n) is 4.88. The Morgan fingerprint density at radius 1 is 0.943 bits per heavy atom. The largest absolute Gasteiger partial charge is 0.370 e. The van der Waals surface area contributed by atoms with Crippen molar-refractivity contribution >= 4 is 48.9 Å². The number of sulfone groups is 1. The molecular weight excluding hydrogens is 543 g/mol. The summed E-state index contributed by atoms with van der Waals surface area (Å²) in [7, 11) is -7.66. The van der Waals surface area contributed by atoms with Gasteiger partial charge >= 0.3 is 0 Å². The Kier molecular flexibility index (Phi) is 8.71. The number of aromatic nitrogens is 1. The van der Waals surface area contributed by atoms with Crippen LogP contribution in [0, 0.1) is 11.6 Å². The summed E-state index contributed by atoms with van der Waals surface area (Å²) in [6.45, 7) is 0.466. The van der Waals surface area contributed by atoms with Crippen molar-refractivity contribution in [2.75, 3.05) is 24.7 Å². The van der Waals surface area contributed by atoms with Crippen LogP contribution in [0.1, 0.15) is 22.8 Å². The fourth-order valence-electron chi connectivity index (χ4n) is 3.29. The van der Waals surface area contributed by atoms with Crippen molar-refractivity contribution in [3.8, 4) is 0 Å². The lowest BCUT2D eigenvalue weighted by atomic mass is 10.0. The first kappa shape index (κ1) is 27.3. The summed E-state index contributed by atoms with van der Waals surface area (Å²) in [5, 5.41) is 1.49. The van der Waals surface area contributed by atoms with Gasteiger partial charge in [0.15, 0.2) is 9.84 Å². The van der Waals surface area contributed by atoms with E-state index in [4.69, 9.17) is 23.2 Å². The van der Waals surface area contributed by atoms with E-state index in [0.29, 0.717) is 18.0 Å². The van der Waals surface area contributed by atoms with Gasteiger partial charge < -0.3 is 5.32 Å². The van der Waals surface area contributed by atoms with Crippen LogP contribution in [0.2, 0.25) is 10.0 Å². The Morgan fingerprint density at radius 3 is 2.29 bits per heavy atom. The highest BCUT2D eigenvalue weighted by atomic mass is 35.5. The first-order valence-electron chi connectivity index (χ1n) is 10.2. The number of rotatable bonds is 10. The van der Waals surface area contributed by atoms with Crippen molar-refractivity contribution in [3.63, 3.8) is 0 Å². The first-order valence-corrected chi connectivity index (χ1v) is 14.4. The summed E-state index contributed by atoms with van der Waals surface area (Å²) in [6, 6.07) is 9.17. The Balaban J connectivity index is 2.03. The first-order chi connectivity index (χ1) is 16.4. The maximum atomic E-state index is 14.8. The molecule has 0 saturated carbocycles. The molecule has 188 valence electrons. The minimum atomic E-state index is -4.33. The summed E-state index contributed by atoms with van der Waals surface area (Å²) in [6.07, 6.45) is 2.65. The van der Waals surface area contributed by atoms with Crippen LogP contribution >= 0.6 is 23.2 Å². The number of pyridine rings is 1. The lowest BCUT2D eigenvalue weighted by Crippen LogP contribution is -2.24. The predicted molar refractivity (Wildman–Crippen MR) is 132 cm³/mol. The second kappa shape index (κ2) is 11.2. The van der Waals surface area contributed by atoms with Crippen LogP contribution in [0.25, 0.3) is 0 Å². The quantitative estimate of drug-likeness (QED) is 0.350. The number of sulfonamides is 1. The van der Waals surface area contributed by atoms with Gasteiger partial charge in [0.1, 0.15) is 22.7 Å². The van der Waals surface area contributed by atoms with Gasteiger partial charge in [0, 0.05) is 29.9 Å². The van der Waals surface area contributed by atoms with E-state index >= 15 is 0 Å². The molecule has 2 N–H and O–H groups in total. The molecule has 0 bridgehead atoms. The molecule has 0 amide bonds. The fraction of sp³-hybridized carbons (Fsp3) is 0.227. The average molecular weight is 564 g/mol. The summed E-state index contributed by atoms with van der Waals surface area (Å²) < 4.78 is 80.9. The van der Waals surface area contributed by atoms with Gasteiger partial charge in [0.2, 0.25) is 10.0 Å². The van der Waals surface area contributed by atoms with Gasteiger partial charge in [0.25, 0.3) is 0 Å². The van der Waals surface area contributed by atoms with Crippen molar-refractivity contribution < 1.29 is 25.6 Å². The normalized spacial score (nSPS) is 12.9. The summed E-state index contributed by atoms with van der Waals surface area (Å²) in [5.74, 6) is -1.53. The van der Waals surface area contributed by atoms with Crippen molar-refractivity contribution in [1.82, 2.24) is 9.71 Å². The zero-order valence-electron chi connectivity index (χ0n) is 18.3. The topological polar surface area (TPSA) is 105 Å². The summed E-state index contributed by atoms with van der Waals surface area (Å²) in [5.41, 5.74) is -0.436. The van der Waals surface area contributed by atoms with E-state index < -0.39 is 42.3 Å². The molecule has 35 heavy (non-hydrogen) atoms. The fourth-order valence-corrected chi connectivity index (χ4v) is 6.04. The van der Waals surface area contributed by atoms with Crippen molar-refractivity contribution in [1.29, 1.82) is 0 Å². The van der Waals surface area contributed by atoms with Gasteiger partial charge in [-0.05, 0) is 60.5 Å². The number of hydrogen-bond donors (Lipinski definition) is 2. The second-order valence-electron chi connectivity index (χ2n) is 7.58. The number of hydrogen-bond acceptors (Lipinski definition) is 6. The molecule has 0 aliphatic rings.